The fourth-order valence-corrected chi connectivity index (χ4v) is 1.82. The molecule has 0 aliphatic heterocycles. The van der Waals surface area contributed by atoms with Gasteiger partial charge in [-0.3, -0.25) is 4.98 Å². The molecule has 20 heavy (non-hydrogen) atoms. The predicted octanol–water partition coefficient (Wildman–Crippen LogP) is 3.47. The Morgan fingerprint density at radius 3 is 2.65 bits per heavy atom. The van der Waals surface area contributed by atoms with Crippen molar-refractivity contribution in [1.29, 1.82) is 0 Å². The van der Waals surface area contributed by atoms with Gasteiger partial charge < -0.3 is 9.63 Å². The summed E-state index contributed by atoms with van der Waals surface area (Å²) in [6.45, 7) is 1.90. The lowest BCUT2D eigenvalue weighted by molar-refractivity contribution is 0.431. The highest BCUT2D eigenvalue weighted by atomic mass is 35.5. The van der Waals surface area contributed by atoms with Crippen molar-refractivity contribution in [2.75, 3.05) is 0 Å². The Balaban J connectivity index is 1.97. The Bertz CT molecular complexity index is 753. The molecule has 2 aromatic heterocycles. The summed E-state index contributed by atoms with van der Waals surface area (Å²) >= 11 is 5.76. The monoisotopic (exact) mass is 287 g/mol. The van der Waals surface area contributed by atoms with Gasteiger partial charge in [0.2, 0.25) is 5.82 Å². The van der Waals surface area contributed by atoms with Gasteiger partial charge in [-0.2, -0.15) is 4.98 Å². The average Bonchev–Trinajstić information content (AvgIpc) is 2.92. The van der Waals surface area contributed by atoms with E-state index in [9.17, 15) is 5.11 Å². The molecule has 3 rings (SSSR count). The maximum atomic E-state index is 9.58. The minimum absolute atomic E-state index is 0.0269. The summed E-state index contributed by atoms with van der Waals surface area (Å²) in [5, 5.41) is 13.8. The third-order valence-corrected chi connectivity index (χ3v) is 3.11. The lowest BCUT2D eigenvalue weighted by Gasteiger charge is -1.97. The molecule has 1 aromatic carbocycles. The predicted molar refractivity (Wildman–Crippen MR) is 74.4 cm³/mol. The maximum Gasteiger partial charge on any atom is 0.258 e. The number of aromatic hydroxyl groups is 1. The molecular formula is C14H10ClN3O2. The zero-order chi connectivity index (χ0) is 14.1. The highest BCUT2D eigenvalue weighted by molar-refractivity contribution is 6.32. The summed E-state index contributed by atoms with van der Waals surface area (Å²) in [4.78, 5) is 8.46. The molecule has 0 bridgehead atoms. The fourth-order valence-electron chi connectivity index (χ4n) is 1.70. The molecule has 1 N–H and O–H groups in total. The van der Waals surface area contributed by atoms with Crippen LogP contribution in [-0.2, 0) is 0 Å². The van der Waals surface area contributed by atoms with Gasteiger partial charge in [-0.1, -0.05) is 16.8 Å². The van der Waals surface area contributed by atoms with E-state index in [2.05, 4.69) is 15.1 Å². The number of nitrogens with zero attached hydrogens (tertiary/aromatic N) is 3. The molecule has 0 saturated carbocycles. The number of benzene rings is 1. The van der Waals surface area contributed by atoms with Crippen molar-refractivity contribution in [2.45, 2.75) is 6.92 Å². The highest BCUT2D eigenvalue weighted by Crippen LogP contribution is 2.29. The van der Waals surface area contributed by atoms with Gasteiger partial charge >= 0.3 is 0 Å². The summed E-state index contributed by atoms with van der Waals surface area (Å²) in [5.74, 6) is 0.732. The molecule has 0 fully saturated rings. The molecule has 0 atom stereocenters. The van der Waals surface area contributed by atoms with Crippen LogP contribution < -0.4 is 0 Å². The number of rotatable bonds is 2. The van der Waals surface area contributed by atoms with Crippen LogP contribution >= 0.6 is 11.6 Å². The standard InChI is InChI=1S/C14H10ClN3O2/c1-8-2-3-10(7-16-8)13-17-14(20-18-13)9-4-5-11(15)12(19)6-9/h2-7,19H,1H3. The minimum atomic E-state index is -0.0269. The van der Waals surface area contributed by atoms with Gasteiger partial charge in [-0.15, -0.1) is 0 Å². The average molecular weight is 288 g/mol. The van der Waals surface area contributed by atoms with Crippen LogP contribution in [0.15, 0.2) is 41.1 Å². The first-order valence-electron chi connectivity index (χ1n) is 5.89. The molecule has 100 valence electrons. The Labute approximate surface area is 119 Å². The normalized spacial score (nSPS) is 10.7. The molecule has 5 nitrogen and oxygen atoms in total. The summed E-state index contributed by atoms with van der Waals surface area (Å²) in [7, 11) is 0. The van der Waals surface area contributed by atoms with Crippen LogP contribution in [0.3, 0.4) is 0 Å². The zero-order valence-corrected chi connectivity index (χ0v) is 11.3. The number of aromatic nitrogens is 3. The number of hydrogen-bond acceptors (Lipinski definition) is 5. The van der Waals surface area contributed by atoms with Crippen LogP contribution in [0.2, 0.25) is 5.02 Å². The van der Waals surface area contributed by atoms with Crippen molar-refractivity contribution in [3.05, 3.63) is 47.2 Å². The quantitative estimate of drug-likeness (QED) is 0.781. The minimum Gasteiger partial charge on any atom is -0.506 e. The van der Waals surface area contributed by atoms with Crippen molar-refractivity contribution in [3.63, 3.8) is 0 Å². The smallest absolute Gasteiger partial charge is 0.258 e. The largest absolute Gasteiger partial charge is 0.506 e. The van der Waals surface area contributed by atoms with Gasteiger partial charge in [0.15, 0.2) is 0 Å². The van der Waals surface area contributed by atoms with Crippen molar-refractivity contribution in [1.82, 2.24) is 15.1 Å². The molecule has 0 aliphatic rings. The molecule has 0 saturated heterocycles. The van der Waals surface area contributed by atoms with Crippen LogP contribution in [0.1, 0.15) is 5.69 Å². The topological polar surface area (TPSA) is 72.0 Å². The molecular weight excluding hydrogens is 278 g/mol. The number of aryl methyl sites for hydroxylation is 1. The van der Waals surface area contributed by atoms with Crippen LogP contribution in [0, 0.1) is 6.92 Å². The Hall–Kier alpha value is -2.40. The van der Waals surface area contributed by atoms with E-state index in [0.717, 1.165) is 11.3 Å². The molecule has 0 aliphatic carbocycles. The van der Waals surface area contributed by atoms with E-state index in [1.807, 2.05) is 19.1 Å². The van der Waals surface area contributed by atoms with Gasteiger partial charge in [-0.05, 0) is 37.3 Å². The van der Waals surface area contributed by atoms with Crippen LogP contribution in [0.4, 0.5) is 0 Å². The van der Waals surface area contributed by atoms with Crippen molar-refractivity contribution >= 4 is 11.6 Å². The van der Waals surface area contributed by atoms with Crippen molar-refractivity contribution in [3.8, 4) is 28.6 Å². The third-order valence-electron chi connectivity index (χ3n) is 2.79. The van der Waals surface area contributed by atoms with E-state index in [4.69, 9.17) is 16.1 Å². The van der Waals surface area contributed by atoms with Crippen molar-refractivity contribution in [2.24, 2.45) is 0 Å². The van der Waals surface area contributed by atoms with Crippen LogP contribution in [-0.4, -0.2) is 20.2 Å². The molecule has 0 radical (unpaired) electrons. The van der Waals surface area contributed by atoms with Gasteiger partial charge in [0, 0.05) is 23.0 Å². The third kappa shape index (κ3) is 2.35. The molecule has 0 spiro atoms. The number of pyridine rings is 1. The molecule has 2 heterocycles. The van der Waals surface area contributed by atoms with E-state index in [0.29, 0.717) is 17.3 Å². The van der Waals surface area contributed by atoms with E-state index < -0.39 is 0 Å². The molecule has 0 unspecified atom stereocenters. The van der Waals surface area contributed by atoms with E-state index >= 15 is 0 Å². The van der Waals surface area contributed by atoms with E-state index in [1.54, 1.807) is 18.3 Å². The van der Waals surface area contributed by atoms with E-state index in [-0.39, 0.29) is 10.8 Å². The number of phenols is 1. The summed E-state index contributed by atoms with van der Waals surface area (Å²) in [6, 6.07) is 8.50. The van der Waals surface area contributed by atoms with Gasteiger partial charge in [0.25, 0.3) is 5.89 Å². The Kier molecular flexibility index (Phi) is 3.12. The van der Waals surface area contributed by atoms with Crippen molar-refractivity contribution < 1.29 is 9.63 Å². The second-order valence-electron chi connectivity index (χ2n) is 4.28. The van der Waals surface area contributed by atoms with Gasteiger partial charge in [0.05, 0.1) is 5.02 Å². The number of phenolic OH excluding ortho intramolecular Hbond substituents is 1. The Morgan fingerprint density at radius 2 is 1.95 bits per heavy atom. The first-order valence-corrected chi connectivity index (χ1v) is 6.27. The maximum absolute atomic E-state index is 9.58. The fraction of sp³-hybridized carbons (Fsp3) is 0.0714. The number of hydrogen-bond donors (Lipinski definition) is 1. The lowest BCUT2D eigenvalue weighted by atomic mass is 10.2. The van der Waals surface area contributed by atoms with Gasteiger partial charge in [-0.25, -0.2) is 0 Å². The first-order chi connectivity index (χ1) is 9.63. The molecule has 6 heteroatoms. The second-order valence-corrected chi connectivity index (χ2v) is 4.68. The molecule has 0 amide bonds. The van der Waals surface area contributed by atoms with Crippen LogP contribution in [0.5, 0.6) is 5.75 Å². The summed E-state index contributed by atoms with van der Waals surface area (Å²) < 4.78 is 5.19. The zero-order valence-electron chi connectivity index (χ0n) is 10.5. The lowest BCUT2D eigenvalue weighted by Crippen LogP contribution is -1.85. The first kappa shape index (κ1) is 12.6. The van der Waals surface area contributed by atoms with Crippen LogP contribution in [0.25, 0.3) is 22.8 Å². The van der Waals surface area contributed by atoms with E-state index in [1.165, 1.54) is 6.07 Å². The summed E-state index contributed by atoms with van der Waals surface area (Å²) in [5.41, 5.74) is 2.29. The Morgan fingerprint density at radius 1 is 1.15 bits per heavy atom. The molecule has 3 aromatic rings. The highest BCUT2D eigenvalue weighted by Gasteiger charge is 2.12. The SMILES string of the molecule is Cc1ccc(-c2noc(-c3ccc(Cl)c(O)c3)n2)cn1. The van der Waals surface area contributed by atoms with Gasteiger partial charge in [0.1, 0.15) is 5.75 Å². The summed E-state index contributed by atoms with van der Waals surface area (Å²) in [6.07, 6.45) is 1.68. The number of halogens is 1. The second kappa shape index (κ2) is 4.94.